The molecule has 0 N–H and O–H groups in total. The number of esters is 2. The number of thioether (sulfide) groups is 2. The van der Waals surface area contributed by atoms with Crippen molar-refractivity contribution in [3.63, 3.8) is 0 Å². The van der Waals surface area contributed by atoms with Crippen molar-refractivity contribution in [1.82, 2.24) is 0 Å². The lowest BCUT2D eigenvalue weighted by Crippen LogP contribution is -2.49. The number of hydrogen-bond acceptors (Lipinski definition) is 9. The number of allylic oxidation sites excluding steroid dienone is 1. The van der Waals surface area contributed by atoms with Gasteiger partial charge in [0.25, 0.3) is 0 Å². The highest BCUT2D eigenvalue weighted by Gasteiger charge is 2.58. The van der Waals surface area contributed by atoms with Crippen molar-refractivity contribution in [2.45, 2.75) is 25.1 Å². The Morgan fingerprint density at radius 2 is 1.69 bits per heavy atom. The number of para-hydroxylation sites is 2. The summed E-state index contributed by atoms with van der Waals surface area (Å²) in [6.07, 6.45) is 0. The van der Waals surface area contributed by atoms with Gasteiger partial charge < -0.3 is 14.4 Å². The number of carbonyl (C=O) groups excluding carboxylic acids is 2. The van der Waals surface area contributed by atoms with Crippen molar-refractivity contribution >= 4 is 51.9 Å². The minimum absolute atomic E-state index is 0.210. The second kappa shape index (κ2) is 8.91. The van der Waals surface area contributed by atoms with Crippen LogP contribution in [0.1, 0.15) is 19.4 Å². The highest BCUT2D eigenvalue weighted by molar-refractivity contribution is 8.29. The molecule has 0 amide bonds. The fourth-order valence-corrected chi connectivity index (χ4v) is 6.57. The van der Waals surface area contributed by atoms with Crippen LogP contribution >= 0.6 is 23.5 Å². The van der Waals surface area contributed by atoms with Crippen LogP contribution < -0.4 is 9.91 Å². The molecule has 0 radical (unpaired) electrons. The molecule has 7 nitrogen and oxygen atoms in total. The quantitative estimate of drug-likeness (QED) is 0.584. The molecule has 0 aliphatic carbocycles. The van der Waals surface area contributed by atoms with Gasteiger partial charge >= 0.3 is 11.9 Å². The number of methoxy groups -OCH3 is 1. The molecule has 2 aromatic carbocycles. The van der Waals surface area contributed by atoms with Gasteiger partial charge in [-0.15, -0.1) is 0 Å². The third-order valence-electron chi connectivity index (χ3n) is 5.05. The number of rotatable bonds is 5. The van der Waals surface area contributed by atoms with Crippen LogP contribution in [0, 0.1) is 6.92 Å². The third kappa shape index (κ3) is 3.65. The van der Waals surface area contributed by atoms with Crippen LogP contribution in [0.2, 0.25) is 0 Å². The highest BCUT2D eigenvalue weighted by Crippen LogP contribution is 2.60. The zero-order valence-electron chi connectivity index (χ0n) is 18.2. The SMILES string of the molecule is CCOC(=O)C1=C(C)N(c2ccccc2)[C@@]2(SC(C(=O)OC)=NN2c2ccccc2C)S1. The molecule has 166 valence electrons. The van der Waals surface area contributed by atoms with E-state index < -0.39 is 16.3 Å². The summed E-state index contributed by atoms with van der Waals surface area (Å²) in [5.41, 5.74) is 3.40. The van der Waals surface area contributed by atoms with E-state index in [9.17, 15) is 9.59 Å². The van der Waals surface area contributed by atoms with Crippen molar-refractivity contribution in [2.24, 2.45) is 5.10 Å². The van der Waals surface area contributed by atoms with Crippen molar-refractivity contribution < 1.29 is 19.1 Å². The molecule has 1 spiro atoms. The first-order chi connectivity index (χ1) is 15.4. The molecule has 2 aromatic rings. The largest absolute Gasteiger partial charge is 0.464 e. The van der Waals surface area contributed by atoms with Crippen LogP contribution in [0.5, 0.6) is 0 Å². The lowest BCUT2D eigenvalue weighted by atomic mass is 10.2. The molecule has 2 heterocycles. The highest BCUT2D eigenvalue weighted by atomic mass is 32.2. The standard InChI is InChI=1S/C23H23N3O4S2/c1-5-30-21(27)19-16(3)25(17-12-7-6-8-13-17)23(31-19)26(18-14-10-9-11-15(18)2)24-20(32-23)22(28)29-4/h6-14H,5H2,1-4H3/t23-/m0/s1. The van der Waals surface area contributed by atoms with Crippen LogP contribution in [0.15, 0.2) is 70.3 Å². The van der Waals surface area contributed by atoms with Gasteiger partial charge in [-0.05, 0) is 56.3 Å². The number of aryl methyl sites for hydroxylation is 1. The minimum Gasteiger partial charge on any atom is -0.464 e. The van der Waals surface area contributed by atoms with Crippen LogP contribution in [0.25, 0.3) is 0 Å². The van der Waals surface area contributed by atoms with Crippen LogP contribution in [0.4, 0.5) is 11.4 Å². The van der Waals surface area contributed by atoms with E-state index in [1.54, 1.807) is 11.9 Å². The second-order valence-electron chi connectivity index (χ2n) is 7.05. The molecule has 0 saturated heterocycles. The Kier molecular flexibility index (Phi) is 6.21. The Hall–Kier alpha value is -2.91. The fourth-order valence-electron chi connectivity index (χ4n) is 3.61. The lowest BCUT2D eigenvalue weighted by molar-refractivity contribution is -0.137. The van der Waals surface area contributed by atoms with Crippen LogP contribution in [-0.2, 0) is 19.1 Å². The van der Waals surface area contributed by atoms with Gasteiger partial charge in [-0.1, -0.05) is 48.2 Å². The second-order valence-corrected chi connectivity index (χ2v) is 9.65. The molecule has 4 rings (SSSR count). The number of carbonyl (C=O) groups is 2. The fraction of sp³-hybridized carbons (Fsp3) is 0.261. The maximum absolute atomic E-state index is 12.9. The van der Waals surface area contributed by atoms with Crippen molar-refractivity contribution in [3.05, 3.63) is 70.8 Å². The summed E-state index contributed by atoms with van der Waals surface area (Å²) in [4.78, 5) is 27.9. The number of nitrogens with zero attached hydrogens (tertiary/aromatic N) is 3. The van der Waals surface area contributed by atoms with E-state index >= 15 is 0 Å². The predicted molar refractivity (Wildman–Crippen MR) is 129 cm³/mol. The molecule has 2 aliphatic rings. The van der Waals surface area contributed by atoms with E-state index in [-0.39, 0.29) is 11.7 Å². The Bertz CT molecular complexity index is 1120. The Balaban J connectivity index is 1.92. The van der Waals surface area contributed by atoms with Gasteiger partial charge in [0.1, 0.15) is 4.91 Å². The molecule has 0 unspecified atom stereocenters. The number of hydrazone groups is 1. The Labute approximate surface area is 195 Å². The van der Waals surface area contributed by atoms with E-state index in [2.05, 4.69) is 5.10 Å². The van der Waals surface area contributed by atoms with Crippen molar-refractivity contribution in [1.29, 1.82) is 0 Å². The summed E-state index contributed by atoms with van der Waals surface area (Å²) >= 11 is 2.57. The first-order valence-electron chi connectivity index (χ1n) is 10.1. The summed E-state index contributed by atoms with van der Waals surface area (Å²) < 4.78 is 9.34. The maximum atomic E-state index is 12.9. The first kappa shape index (κ1) is 22.3. The molecule has 32 heavy (non-hydrogen) atoms. The molecule has 0 bridgehead atoms. The smallest absolute Gasteiger partial charge is 0.365 e. The van der Waals surface area contributed by atoms with E-state index in [1.807, 2.05) is 73.3 Å². The molecule has 0 fully saturated rings. The molecule has 9 heteroatoms. The van der Waals surface area contributed by atoms with E-state index in [4.69, 9.17) is 9.47 Å². The van der Waals surface area contributed by atoms with E-state index in [0.29, 0.717) is 4.91 Å². The predicted octanol–water partition coefficient (Wildman–Crippen LogP) is 4.69. The zero-order chi connectivity index (χ0) is 22.9. The summed E-state index contributed by atoms with van der Waals surface area (Å²) in [5.74, 6) is -0.925. The molecule has 0 aromatic heterocycles. The lowest BCUT2D eigenvalue weighted by Gasteiger charge is -2.41. The van der Waals surface area contributed by atoms with Gasteiger partial charge in [0, 0.05) is 11.4 Å². The van der Waals surface area contributed by atoms with Gasteiger partial charge in [-0.2, -0.15) is 5.10 Å². The number of anilines is 2. The first-order valence-corrected chi connectivity index (χ1v) is 11.7. The van der Waals surface area contributed by atoms with E-state index in [0.717, 1.165) is 22.6 Å². The Morgan fingerprint density at radius 1 is 1.00 bits per heavy atom. The van der Waals surface area contributed by atoms with Crippen molar-refractivity contribution in [3.8, 4) is 0 Å². The topological polar surface area (TPSA) is 71.4 Å². The average Bonchev–Trinajstić information content (AvgIpc) is 3.32. The number of hydrogen-bond donors (Lipinski definition) is 0. The van der Waals surface area contributed by atoms with Gasteiger partial charge in [-0.25, -0.2) is 14.6 Å². The molecular formula is C23H23N3O4S2. The van der Waals surface area contributed by atoms with Gasteiger partial charge in [0.2, 0.25) is 9.37 Å². The minimum atomic E-state index is -0.983. The molecule has 2 aliphatic heterocycles. The summed E-state index contributed by atoms with van der Waals surface area (Å²) in [6, 6.07) is 17.5. The van der Waals surface area contributed by atoms with E-state index in [1.165, 1.54) is 30.6 Å². The molecule has 0 saturated carbocycles. The normalized spacial score (nSPS) is 20.1. The van der Waals surface area contributed by atoms with Gasteiger partial charge in [0.15, 0.2) is 0 Å². The van der Waals surface area contributed by atoms with Crippen LogP contribution in [0.3, 0.4) is 0 Å². The number of benzene rings is 2. The van der Waals surface area contributed by atoms with Gasteiger partial charge in [0.05, 0.1) is 19.4 Å². The zero-order valence-corrected chi connectivity index (χ0v) is 19.8. The summed E-state index contributed by atoms with van der Waals surface area (Å²) in [5, 5.41) is 6.68. The molecule has 1 atom stereocenters. The third-order valence-corrected chi connectivity index (χ3v) is 7.90. The van der Waals surface area contributed by atoms with Crippen molar-refractivity contribution in [2.75, 3.05) is 23.6 Å². The average molecular weight is 470 g/mol. The number of ether oxygens (including phenoxy) is 2. The monoisotopic (exact) mass is 469 g/mol. The summed E-state index contributed by atoms with van der Waals surface area (Å²) in [7, 11) is 1.33. The summed E-state index contributed by atoms with van der Waals surface area (Å²) in [6.45, 7) is 5.92. The maximum Gasteiger partial charge on any atom is 0.365 e. The molecular weight excluding hydrogens is 446 g/mol. The van der Waals surface area contributed by atoms with Crippen LogP contribution in [-0.4, -0.2) is 35.0 Å². The van der Waals surface area contributed by atoms with Gasteiger partial charge in [-0.3, -0.25) is 0 Å². The Morgan fingerprint density at radius 3 is 2.34 bits per heavy atom.